The predicted molar refractivity (Wildman–Crippen MR) is 77.3 cm³/mol. The standard InChI is InChI=1S/C15H24N2O2/c1-11-6-7-13(19-5)12(10-11)8-9-17(4)14(18)15(2,3)16/h6-7,10H,8-9,16H2,1-5H3. The molecule has 19 heavy (non-hydrogen) atoms. The Balaban J connectivity index is 2.72. The zero-order valence-electron chi connectivity index (χ0n) is 12.5. The second-order valence-electron chi connectivity index (χ2n) is 5.51. The minimum Gasteiger partial charge on any atom is -0.496 e. The maximum absolute atomic E-state index is 12.0. The van der Waals surface area contributed by atoms with E-state index in [2.05, 4.69) is 6.07 Å². The molecule has 0 saturated carbocycles. The number of carbonyl (C=O) groups excluding carboxylic acids is 1. The molecule has 1 aromatic rings. The summed E-state index contributed by atoms with van der Waals surface area (Å²) in [5, 5.41) is 0. The van der Waals surface area contributed by atoms with Crippen molar-refractivity contribution in [3.05, 3.63) is 29.3 Å². The zero-order chi connectivity index (χ0) is 14.6. The van der Waals surface area contributed by atoms with E-state index >= 15 is 0 Å². The second kappa shape index (κ2) is 6.06. The molecule has 106 valence electrons. The van der Waals surface area contributed by atoms with Gasteiger partial charge in [0.2, 0.25) is 5.91 Å². The number of carbonyl (C=O) groups is 1. The van der Waals surface area contributed by atoms with Crippen LogP contribution in [0.25, 0.3) is 0 Å². The number of hydrogen-bond acceptors (Lipinski definition) is 3. The van der Waals surface area contributed by atoms with Crippen LogP contribution < -0.4 is 10.5 Å². The molecular formula is C15H24N2O2. The van der Waals surface area contributed by atoms with Crippen LogP contribution in [0.5, 0.6) is 5.75 Å². The van der Waals surface area contributed by atoms with Crippen LogP contribution in [0.4, 0.5) is 0 Å². The Bertz CT molecular complexity index is 450. The topological polar surface area (TPSA) is 55.6 Å². The van der Waals surface area contributed by atoms with E-state index in [1.807, 2.05) is 19.1 Å². The molecule has 0 bridgehead atoms. The van der Waals surface area contributed by atoms with Gasteiger partial charge in [-0.25, -0.2) is 0 Å². The minimum atomic E-state index is -0.828. The molecular weight excluding hydrogens is 240 g/mol. The van der Waals surface area contributed by atoms with Gasteiger partial charge in [-0.1, -0.05) is 17.7 Å². The monoisotopic (exact) mass is 264 g/mol. The van der Waals surface area contributed by atoms with Crippen molar-refractivity contribution in [1.29, 1.82) is 0 Å². The lowest BCUT2D eigenvalue weighted by atomic mass is 10.0. The van der Waals surface area contributed by atoms with Gasteiger partial charge in [0.05, 0.1) is 12.6 Å². The number of rotatable bonds is 5. The normalized spacial score (nSPS) is 11.3. The van der Waals surface area contributed by atoms with Crippen LogP contribution in [-0.4, -0.2) is 37.0 Å². The first kappa shape index (κ1) is 15.5. The number of methoxy groups -OCH3 is 1. The highest BCUT2D eigenvalue weighted by Crippen LogP contribution is 2.20. The molecule has 0 atom stereocenters. The van der Waals surface area contributed by atoms with E-state index in [1.54, 1.807) is 32.9 Å². The summed E-state index contributed by atoms with van der Waals surface area (Å²) in [6.07, 6.45) is 0.753. The van der Waals surface area contributed by atoms with E-state index in [9.17, 15) is 4.79 Å². The van der Waals surface area contributed by atoms with Crippen molar-refractivity contribution in [2.45, 2.75) is 32.7 Å². The first-order valence-corrected chi connectivity index (χ1v) is 6.43. The summed E-state index contributed by atoms with van der Waals surface area (Å²) in [6.45, 7) is 6.11. The highest BCUT2D eigenvalue weighted by molar-refractivity contribution is 5.84. The van der Waals surface area contributed by atoms with Gasteiger partial charge in [-0.2, -0.15) is 0 Å². The molecule has 4 nitrogen and oxygen atoms in total. The highest BCUT2D eigenvalue weighted by Gasteiger charge is 2.25. The largest absolute Gasteiger partial charge is 0.496 e. The van der Waals surface area contributed by atoms with Crippen molar-refractivity contribution < 1.29 is 9.53 Å². The molecule has 0 aromatic heterocycles. The van der Waals surface area contributed by atoms with Crippen molar-refractivity contribution in [3.63, 3.8) is 0 Å². The molecule has 0 aliphatic heterocycles. The Hall–Kier alpha value is -1.55. The Kier molecular flexibility index (Phi) is 4.95. The number of nitrogens with two attached hydrogens (primary N) is 1. The van der Waals surface area contributed by atoms with Gasteiger partial charge >= 0.3 is 0 Å². The van der Waals surface area contributed by atoms with Crippen LogP contribution >= 0.6 is 0 Å². The molecule has 1 aromatic carbocycles. The lowest BCUT2D eigenvalue weighted by Crippen LogP contribution is -2.50. The van der Waals surface area contributed by atoms with E-state index in [0.717, 1.165) is 17.7 Å². The smallest absolute Gasteiger partial charge is 0.241 e. The third kappa shape index (κ3) is 4.24. The van der Waals surface area contributed by atoms with E-state index in [1.165, 1.54) is 5.56 Å². The van der Waals surface area contributed by atoms with Crippen molar-refractivity contribution in [3.8, 4) is 5.75 Å². The Morgan fingerprint density at radius 3 is 2.58 bits per heavy atom. The molecule has 0 radical (unpaired) electrons. The highest BCUT2D eigenvalue weighted by atomic mass is 16.5. The summed E-state index contributed by atoms with van der Waals surface area (Å²) in [5.41, 5.74) is 7.28. The van der Waals surface area contributed by atoms with Crippen LogP contribution in [0.15, 0.2) is 18.2 Å². The molecule has 0 unspecified atom stereocenters. The molecule has 0 aliphatic rings. The average molecular weight is 264 g/mol. The number of amides is 1. The molecule has 2 N–H and O–H groups in total. The van der Waals surface area contributed by atoms with Gasteiger partial charge in [0.15, 0.2) is 0 Å². The number of likely N-dealkylation sites (N-methyl/N-ethyl adjacent to an activating group) is 1. The average Bonchev–Trinajstić information content (AvgIpc) is 2.34. The number of hydrogen-bond donors (Lipinski definition) is 1. The van der Waals surface area contributed by atoms with E-state index in [-0.39, 0.29) is 5.91 Å². The van der Waals surface area contributed by atoms with Crippen molar-refractivity contribution >= 4 is 5.91 Å². The minimum absolute atomic E-state index is 0.0564. The Morgan fingerprint density at radius 2 is 2.05 bits per heavy atom. The molecule has 0 fully saturated rings. The lowest BCUT2D eigenvalue weighted by molar-refractivity contribution is -0.134. The van der Waals surface area contributed by atoms with Gasteiger partial charge in [-0.15, -0.1) is 0 Å². The molecule has 0 saturated heterocycles. The zero-order valence-corrected chi connectivity index (χ0v) is 12.5. The van der Waals surface area contributed by atoms with Crippen LogP contribution in [0.2, 0.25) is 0 Å². The third-order valence-corrected chi connectivity index (χ3v) is 3.05. The van der Waals surface area contributed by atoms with E-state index in [4.69, 9.17) is 10.5 Å². The van der Waals surface area contributed by atoms with Crippen molar-refractivity contribution in [2.75, 3.05) is 20.7 Å². The number of ether oxygens (including phenoxy) is 1. The maximum Gasteiger partial charge on any atom is 0.241 e. The fourth-order valence-corrected chi connectivity index (χ4v) is 1.98. The maximum atomic E-state index is 12.0. The van der Waals surface area contributed by atoms with Crippen LogP contribution in [-0.2, 0) is 11.2 Å². The van der Waals surface area contributed by atoms with E-state index in [0.29, 0.717) is 6.54 Å². The summed E-state index contributed by atoms with van der Waals surface area (Å²) in [7, 11) is 3.44. The quantitative estimate of drug-likeness (QED) is 0.881. The molecule has 4 heteroatoms. The van der Waals surface area contributed by atoms with Gasteiger partial charge in [-0.3, -0.25) is 4.79 Å². The summed E-state index contributed by atoms with van der Waals surface area (Å²) in [4.78, 5) is 13.6. The Labute approximate surface area is 115 Å². The number of nitrogens with zero attached hydrogens (tertiary/aromatic N) is 1. The molecule has 0 heterocycles. The van der Waals surface area contributed by atoms with E-state index < -0.39 is 5.54 Å². The fraction of sp³-hybridized carbons (Fsp3) is 0.533. The predicted octanol–water partition coefficient (Wildman–Crippen LogP) is 1.74. The third-order valence-electron chi connectivity index (χ3n) is 3.05. The van der Waals surface area contributed by atoms with Gasteiger partial charge in [0, 0.05) is 13.6 Å². The first-order valence-electron chi connectivity index (χ1n) is 6.43. The van der Waals surface area contributed by atoms with Crippen LogP contribution in [0.3, 0.4) is 0 Å². The summed E-state index contributed by atoms with van der Waals surface area (Å²) >= 11 is 0. The summed E-state index contributed by atoms with van der Waals surface area (Å²) in [5.74, 6) is 0.803. The summed E-state index contributed by atoms with van der Waals surface area (Å²) < 4.78 is 5.33. The molecule has 1 rings (SSSR count). The lowest BCUT2D eigenvalue weighted by Gasteiger charge is -2.26. The SMILES string of the molecule is COc1ccc(C)cc1CCN(C)C(=O)C(C)(C)N. The summed E-state index contributed by atoms with van der Waals surface area (Å²) in [6, 6.07) is 6.06. The molecule has 1 amide bonds. The van der Waals surface area contributed by atoms with Gasteiger partial charge < -0.3 is 15.4 Å². The molecule has 0 aliphatic carbocycles. The van der Waals surface area contributed by atoms with Crippen LogP contribution in [0, 0.1) is 6.92 Å². The van der Waals surface area contributed by atoms with Gasteiger partial charge in [0.1, 0.15) is 5.75 Å². The van der Waals surface area contributed by atoms with Crippen molar-refractivity contribution in [2.24, 2.45) is 5.73 Å². The molecule has 0 spiro atoms. The van der Waals surface area contributed by atoms with Gasteiger partial charge in [0.25, 0.3) is 0 Å². The second-order valence-corrected chi connectivity index (χ2v) is 5.51. The number of aryl methyl sites for hydroxylation is 1. The Morgan fingerprint density at radius 1 is 1.42 bits per heavy atom. The fourth-order valence-electron chi connectivity index (χ4n) is 1.98. The van der Waals surface area contributed by atoms with Gasteiger partial charge in [-0.05, 0) is 38.8 Å². The van der Waals surface area contributed by atoms with Crippen LogP contribution in [0.1, 0.15) is 25.0 Å². The number of benzene rings is 1. The van der Waals surface area contributed by atoms with Crippen molar-refractivity contribution in [1.82, 2.24) is 4.90 Å². The first-order chi connectivity index (χ1) is 8.75.